The lowest BCUT2D eigenvalue weighted by molar-refractivity contribution is -0.119. The average molecular weight is 381 g/mol. The predicted octanol–water partition coefficient (Wildman–Crippen LogP) is 1.74. The van der Waals surface area contributed by atoms with E-state index in [0.29, 0.717) is 31.6 Å². The van der Waals surface area contributed by atoms with Crippen LogP contribution in [0.4, 0.5) is 14.5 Å². The summed E-state index contributed by atoms with van der Waals surface area (Å²) in [6.45, 7) is 0.896. The van der Waals surface area contributed by atoms with Crippen LogP contribution < -0.4 is 10.2 Å². The molecule has 1 N–H and O–H groups in total. The van der Waals surface area contributed by atoms with Gasteiger partial charge in [0.25, 0.3) is 5.17 Å². The summed E-state index contributed by atoms with van der Waals surface area (Å²) in [5, 5.41) is 10.8. The van der Waals surface area contributed by atoms with E-state index in [1.807, 2.05) is 0 Å². The fourth-order valence-corrected chi connectivity index (χ4v) is 2.78. The number of anilines is 1. The fourth-order valence-electron chi connectivity index (χ4n) is 2.71. The van der Waals surface area contributed by atoms with Crippen molar-refractivity contribution in [2.24, 2.45) is 0 Å². The van der Waals surface area contributed by atoms with Crippen LogP contribution in [0.3, 0.4) is 0 Å². The lowest BCUT2D eigenvalue weighted by Crippen LogP contribution is -2.35. The van der Waals surface area contributed by atoms with E-state index in [1.165, 1.54) is 23.9 Å². The van der Waals surface area contributed by atoms with Crippen LogP contribution in [0.15, 0.2) is 18.3 Å². The zero-order valence-corrected chi connectivity index (χ0v) is 14.9. The van der Waals surface area contributed by atoms with Crippen molar-refractivity contribution in [3.05, 3.63) is 35.7 Å². The van der Waals surface area contributed by atoms with E-state index in [1.54, 1.807) is 11.1 Å². The van der Waals surface area contributed by atoms with Crippen LogP contribution in [-0.2, 0) is 16.1 Å². The minimum absolute atomic E-state index is 0.107. The topological polar surface area (TPSA) is 72.3 Å². The number of nitrogens with zero attached hydrogens (tertiary/aromatic N) is 4. The Kier molecular flexibility index (Phi) is 5.40. The molecule has 138 valence electrons. The number of carbonyl (C=O) groups excluding carboxylic acids is 1. The molecule has 1 aromatic carbocycles. The molecule has 3 rings (SSSR count). The number of hydrogen-bond donors (Lipinski definition) is 1. The molecule has 0 aliphatic carbocycles. The Morgan fingerprint density at radius 2 is 1.96 bits per heavy atom. The largest absolute Gasteiger partial charge is 0.474 e. The van der Waals surface area contributed by atoms with Crippen LogP contribution in [-0.4, -0.2) is 46.2 Å². The van der Waals surface area contributed by atoms with Crippen molar-refractivity contribution in [1.82, 2.24) is 20.3 Å². The Hall–Kier alpha value is -2.62. The highest BCUT2D eigenvalue weighted by Gasteiger charge is 2.23. The maximum Gasteiger partial charge on any atom is 0.256 e. The predicted molar refractivity (Wildman–Crippen MR) is 94.2 cm³/mol. The van der Waals surface area contributed by atoms with Gasteiger partial charge in [-0.1, -0.05) is 5.21 Å². The zero-order chi connectivity index (χ0) is 18.7. The number of Topliss-reactive ketones (excluding diaryl/α,β-unsaturated/α-hetero) is 1. The Bertz CT molecular complexity index is 809. The Labute approximate surface area is 153 Å². The molecule has 0 amide bonds. The lowest BCUT2D eigenvalue weighted by atomic mass is 10.1. The van der Waals surface area contributed by atoms with Gasteiger partial charge in [0, 0.05) is 38.1 Å². The van der Waals surface area contributed by atoms with Crippen molar-refractivity contribution in [2.45, 2.75) is 19.4 Å². The number of ketones is 1. The molecular formula is C16H17F2N5O2S. The Morgan fingerprint density at radius 3 is 2.58 bits per heavy atom. The highest BCUT2D eigenvalue weighted by Crippen LogP contribution is 2.28. The van der Waals surface area contributed by atoms with Gasteiger partial charge >= 0.3 is 0 Å². The summed E-state index contributed by atoms with van der Waals surface area (Å²) in [5.41, 5.74) is 0.627. The monoisotopic (exact) mass is 381 g/mol. The molecule has 7 nitrogen and oxygen atoms in total. The van der Waals surface area contributed by atoms with Gasteiger partial charge < -0.3 is 15.0 Å². The highest BCUT2D eigenvalue weighted by molar-refractivity contribution is 7.80. The maximum absolute atomic E-state index is 14.5. The smallest absolute Gasteiger partial charge is 0.256 e. The molecule has 0 saturated carbocycles. The van der Waals surface area contributed by atoms with E-state index < -0.39 is 11.6 Å². The summed E-state index contributed by atoms with van der Waals surface area (Å²) < 4.78 is 35.1. The third-order valence-electron chi connectivity index (χ3n) is 4.04. The molecule has 10 heteroatoms. The third kappa shape index (κ3) is 3.96. The summed E-state index contributed by atoms with van der Waals surface area (Å²) >= 11 is 4.86. The molecule has 0 radical (unpaired) electrons. The molecule has 26 heavy (non-hydrogen) atoms. The first-order chi connectivity index (χ1) is 12.5. The van der Waals surface area contributed by atoms with Gasteiger partial charge in [0.15, 0.2) is 11.6 Å². The van der Waals surface area contributed by atoms with Crippen molar-refractivity contribution < 1.29 is 18.3 Å². The molecule has 0 bridgehead atoms. The number of halogens is 2. The summed E-state index contributed by atoms with van der Waals surface area (Å²) in [6.07, 6.45) is 2.13. The number of aromatic nitrogens is 3. The van der Waals surface area contributed by atoms with Gasteiger partial charge in [-0.25, -0.2) is 13.5 Å². The summed E-state index contributed by atoms with van der Waals surface area (Å²) in [4.78, 5) is 12.9. The van der Waals surface area contributed by atoms with Crippen molar-refractivity contribution in [3.8, 4) is 5.69 Å². The second-order valence-electron chi connectivity index (χ2n) is 5.78. The molecule has 1 fully saturated rings. The quantitative estimate of drug-likeness (QED) is 0.809. The number of benzene rings is 1. The van der Waals surface area contributed by atoms with E-state index in [2.05, 4.69) is 15.6 Å². The van der Waals surface area contributed by atoms with Crippen molar-refractivity contribution in [2.75, 3.05) is 25.1 Å². The summed E-state index contributed by atoms with van der Waals surface area (Å²) in [5.74, 6) is -1.30. The number of hydrogen-bond acceptors (Lipinski definition) is 6. The molecule has 0 unspecified atom stereocenters. The lowest BCUT2D eigenvalue weighted by Gasteiger charge is -2.28. The molecule has 1 aromatic heterocycles. The number of methoxy groups -OCH3 is 1. The Balaban J connectivity index is 1.78. The SMILES string of the molecule is COC(=S)NCc1cn(-c2cc(F)c(N3CCC(=O)CC3)c(F)c2)nn1. The van der Waals surface area contributed by atoms with Gasteiger partial charge in [-0.3, -0.25) is 4.79 Å². The zero-order valence-electron chi connectivity index (χ0n) is 14.0. The van der Waals surface area contributed by atoms with E-state index in [4.69, 9.17) is 17.0 Å². The number of ether oxygens (including phenoxy) is 1. The first-order valence-corrected chi connectivity index (χ1v) is 8.38. The van der Waals surface area contributed by atoms with Crippen molar-refractivity contribution >= 4 is 28.9 Å². The second-order valence-corrected chi connectivity index (χ2v) is 6.15. The average Bonchev–Trinajstić information content (AvgIpc) is 3.09. The molecule has 2 aromatic rings. The first kappa shape index (κ1) is 18.2. The third-order valence-corrected chi connectivity index (χ3v) is 4.35. The van der Waals surface area contributed by atoms with Crippen LogP contribution in [0.25, 0.3) is 5.69 Å². The van der Waals surface area contributed by atoms with Crippen LogP contribution >= 0.6 is 12.2 Å². The first-order valence-electron chi connectivity index (χ1n) is 7.97. The van der Waals surface area contributed by atoms with Crippen LogP contribution in [0, 0.1) is 11.6 Å². The fraction of sp³-hybridized carbons (Fsp3) is 0.375. The Morgan fingerprint density at radius 1 is 1.31 bits per heavy atom. The van der Waals surface area contributed by atoms with Gasteiger partial charge in [-0.05, 0) is 12.2 Å². The molecular weight excluding hydrogens is 364 g/mol. The molecule has 1 aliphatic heterocycles. The number of rotatable bonds is 4. The van der Waals surface area contributed by atoms with Crippen LogP contribution in [0.2, 0.25) is 0 Å². The number of thiocarbonyl (C=S) groups is 1. The number of carbonyl (C=O) groups is 1. The molecule has 1 aliphatic rings. The number of nitrogens with one attached hydrogen (secondary N) is 1. The van der Waals surface area contributed by atoms with Crippen LogP contribution in [0.5, 0.6) is 0 Å². The van der Waals surface area contributed by atoms with Gasteiger partial charge in [-0.15, -0.1) is 5.10 Å². The van der Waals surface area contributed by atoms with Gasteiger partial charge in [0.05, 0.1) is 25.5 Å². The second kappa shape index (κ2) is 7.73. The summed E-state index contributed by atoms with van der Waals surface area (Å²) in [7, 11) is 1.44. The highest BCUT2D eigenvalue weighted by atomic mass is 32.1. The van der Waals surface area contributed by atoms with Crippen LogP contribution in [0.1, 0.15) is 18.5 Å². The van der Waals surface area contributed by atoms with E-state index in [0.717, 1.165) is 0 Å². The molecule has 0 atom stereocenters. The minimum Gasteiger partial charge on any atom is -0.474 e. The van der Waals surface area contributed by atoms with Crippen molar-refractivity contribution in [3.63, 3.8) is 0 Å². The van der Waals surface area contributed by atoms with Gasteiger partial charge in [-0.2, -0.15) is 0 Å². The van der Waals surface area contributed by atoms with E-state index in [9.17, 15) is 13.6 Å². The van der Waals surface area contributed by atoms with Gasteiger partial charge in [0.2, 0.25) is 0 Å². The number of piperidine rings is 1. The summed E-state index contributed by atoms with van der Waals surface area (Å²) in [6, 6.07) is 2.39. The van der Waals surface area contributed by atoms with E-state index >= 15 is 0 Å². The molecule has 0 spiro atoms. The van der Waals surface area contributed by atoms with E-state index in [-0.39, 0.29) is 28.9 Å². The molecule has 2 heterocycles. The standard InChI is InChI=1S/C16H17F2N5O2S/c1-25-16(26)19-8-10-9-23(21-20-10)11-6-13(17)15(14(18)7-11)22-4-2-12(24)3-5-22/h6-7,9H,2-5,8H2,1H3,(H,19,26). The normalized spacial score (nSPS) is 14.4. The van der Waals surface area contributed by atoms with Gasteiger partial charge in [0.1, 0.15) is 17.2 Å². The maximum atomic E-state index is 14.5. The minimum atomic E-state index is -0.704. The molecule has 1 saturated heterocycles. The van der Waals surface area contributed by atoms with Crippen molar-refractivity contribution in [1.29, 1.82) is 0 Å².